The lowest BCUT2D eigenvalue weighted by atomic mass is 9.97. The van der Waals surface area contributed by atoms with Crippen LogP contribution >= 0.6 is 27.3 Å². The van der Waals surface area contributed by atoms with Crippen molar-refractivity contribution in [3.8, 4) is 10.6 Å². The van der Waals surface area contributed by atoms with E-state index in [4.69, 9.17) is 5.73 Å². The third-order valence-electron chi connectivity index (χ3n) is 4.33. The van der Waals surface area contributed by atoms with Crippen molar-refractivity contribution < 1.29 is 26.3 Å². The van der Waals surface area contributed by atoms with E-state index < -0.39 is 23.5 Å². The standard InChI is InChI=1S/C18H15BrF6N2S/c19-14-5-4-13(28-14)16-10(3-1-2-6-26)15-11(18(23,24)25)7-9(17(20,21)22)8-12(15)27-16/h4-5,7-8,27H,1-3,6,26H2. The van der Waals surface area contributed by atoms with Crippen molar-refractivity contribution in [2.75, 3.05) is 6.54 Å². The highest BCUT2D eigenvalue weighted by atomic mass is 79.9. The summed E-state index contributed by atoms with van der Waals surface area (Å²) in [5, 5.41) is -0.211. The Labute approximate surface area is 168 Å². The molecule has 152 valence electrons. The molecule has 0 fully saturated rings. The lowest BCUT2D eigenvalue weighted by Gasteiger charge is -2.14. The van der Waals surface area contributed by atoms with Gasteiger partial charge in [0.05, 0.1) is 25.5 Å². The third kappa shape index (κ3) is 4.23. The van der Waals surface area contributed by atoms with E-state index in [0.717, 1.165) is 9.85 Å². The number of hydrogen-bond donors (Lipinski definition) is 2. The Balaban J connectivity index is 2.32. The number of aryl methyl sites for hydroxylation is 1. The number of benzene rings is 1. The molecule has 0 unspecified atom stereocenters. The minimum absolute atomic E-state index is 0.176. The van der Waals surface area contributed by atoms with Crippen molar-refractivity contribution in [2.45, 2.75) is 31.6 Å². The van der Waals surface area contributed by atoms with Crippen molar-refractivity contribution in [1.29, 1.82) is 0 Å². The molecule has 0 spiro atoms. The van der Waals surface area contributed by atoms with Crippen LogP contribution in [0.3, 0.4) is 0 Å². The van der Waals surface area contributed by atoms with Crippen LogP contribution in [0.4, 0.5) is 26.3 Å². The molecule has 0 amide bonds. The highest BCUT2D eigenvalue weighted by Crippen LogP contribution is 2.45. The van der Waals surface area contributed by atoms with Crippen molar-refractivity contribution in [1.82, 2.24) is 4.98 Å². The second-order valence-electron chi connectivity index (χ2n) is 6.27. The van der Waals surface area contributed by atoms with Crippen LogP contribution in [0.15, 0.2) is 28.1 Å². The molecule has 0 aliphatic heterocycles. The van der Waals surface area contributed by atoms with Crippen LogP contribution in [0, 0.1) is 0 Å². The monoisotopic (exact) mass is 484 g/mol. The van der Waals surface area contributed by atoms with E-state index in [1.807, 2.05) is 0 Å². The largest absolute Gasteiger partial charge is 0.417 e. The highest BCUT2D eigenvalue weighted by Gasteiger charge is 2.39. The van der Waals surface area contributed by atoms with Crippen LogP contribution in [0.25, 0.3) is 21.5 Å². The van der Waals surface area contributed by atoms with E-state index in [0.29, 0.717) is 35.5 Å². The maximum Gasteiger partial charge on any atom is 0.417 e. The van der Waals surface area contributed by atoms with Gasteiger partial charge in [0.1, 0.15) is 0 Å². The number of aromatic nitrogens is 1. The number of aromatic amines is 1. The average Bonchev–Trinajstić information content (AvgIpc) is 3.16. The average molecular weight is 485 g/mol. The van der Waals surface area contributed by atoms with Crippen molar-refractivity contribution >= 4 is 38.2 Å². The number of nitrogens with one attached hydrogen (secondary N) is 1. The zero-order valence-electron chi connectivity index (χ0n) is 14.3. The van der Waals surface area contributed by atoms with Gasteiger partial charge in [-0.2, -0.15) is 26.3 Å². The van der Waals surface area contributed by atoms with E-state index in [9.17, 15) is 26.3 Å². The molecule has 2 aromatic heterocycles. The first-order valence-corrected chi connectivity index (χ1v) is 9.92. The molecule has 0 saturated heterocycles. The molecular formula is C18H15BrF6N2S. The van der Waals surface area contributed by atoms with Gasteiger partial charge in [0.15, 0.2) is 0 Å². The Bertz CT molecular complexity index is 987. The fourth-order valence-electron chi connectivity index (χ4n) is 3.14. The van der Waals surface area contributed by atoms with Gasteiger partial charge in [0, 0.05) is 10.9 Å². The maximum atomic E-state index is 13.7. The summed E-state index contributed by atoms with van der Waals surface area (Å²) in [5.74, 6) is 0. The van der Waals surface area contributed by atoms with Gasteiger partial charge in [-0.05, 0) is 71.6 Å². The fourth-order valence-corrected chi connectivity index (χ4v) is 4.56. The number of unbranched alkanes of at least 4 members (excludes halogenated alkanes) is 1. The molecule has 0 radical (unpaired) electrons. The summed E-state index contributed by atoms with van der Waals surface area (Å²) in [7, 11) is 0. The summed E-state index contributed by atoms with van der Waals surface area (Å²) in [5.41, 5.74) is 3.46. The first-order chi connectivity index (χ1) is 13.0. The summed E-state index contributed by atoms with van der Waals surface area (Å²) in [6.45, 7) is 0.382. The molecule has 10 heteroatoms. The minimum atomic E-state index is -4.92. The van der Waals surface area contributed by atoms with Gasteiger partial charge in [-0.15, -0.1) is 11.3 Å². The number of rotatable bonds is 5. The van der Waals surface area contributed by atoms with E-state index >= 15 is 0 Å². The van der Waals surface area contributed by atoms with E-state index in [-0.39, 0.29) is 23.4 Å². The van der Waals surface area contributed by atoms with Crippen LogP contribution in [-0.2, 0) is 18.8 Å². The molecule has 28 heavy (non-hydrogen) atoms. The van der Waals surface area contributed by atoms with Gasteiger partial charge in [0.25, 0.3) is 0 Å². The SMILES string of the molecule is NCCCCc1c(-c2ccc(Br)s2)[nH]c2cc(C(F)(F)F)cc(C(F)(F)F)c12. The number of fused-ring (bicyclic) bond motifs is 1. The van der Waals surface area contributed by atoms with Gasteiger partial charge < -0.3 is 10.7 Å². The van der Waals surface area contributed by atoms with Crippen LogP contribution in [-0.4, -0.2) is 11.5 Å². The Morgan fingerprint density at radius 2 is 1.71 bits per heavy atom. The quantitative estimate of drug-likeness (QED) is 0.297. The Morgan fingerprint density at radius 3 is 2.25 bits per heavy atom. The van der Waals surface area contributed by atoms with Gasteiger partial charge in [-0.3, -0.25) is 0 Å². The molecule has 0 aliphatic carbocycles. The lowest BCUT2D eigenvalue weighted by molar-refractivity contribution is -0.142. The lowest BCUT2D eigenvalue weighted by Crippen LogP contribution is -2.11. The smallest absolute Gasteiger partial charge is 0.354 e. The Hall–Kier alpha value is -1.52. The number of hydrogen-bond acceptors (Lipinski definition) is 2. The van der Waals surface area contributed by atoms with E-state index in [2.05, 4.69) is 20.9 Å². The fraction of sp³-hybridized carbons (Fsp3) is 0.333. The molecule has 3 N–H and O–H groups in total. The molecule has 3 rings (SSSR count). The first kappa shape index (κ1) is 21.2. The van der Waals surface area contributed by atoms with Gasteiger partial charge >= 0.3 is 12.4 Å². The molecule has 0 saturated carbocycles. The zero-order chi connectivity index (χ0) is 20.7. The number of nitrogens with two attached hydrogens (primary N) is 1. The Kier molecular flexibility index (Phi) is 5.84. The number of H-pyrrole nitrogens is 1. The normalized spacial score (nSPS) is 12.9. The summed E-state index contributed by atoms with van der Waals surface area (Å²) < 4.78 is 81.3. The van der Waals surface area contributed by atoms with Crippen LogP contribution < -0.4 is 5.73 Å². The molecule has 0 atom stereocenters. The van der Waals surface area contributed by atoms with Gasteiger partial charge in [-0.25, -0.2) is 0 Å². The van der Waals surface area contributed by atoms with Crippen LogP contribution in [0.5, 0.6) is 0 Å². The molecule has 3 aromatic rings. The Morgan fingerprint density at radius 1 is 1.00 bits per heavy atom. The third-order valence-corrected chi connectivity index (χ3v) is 5.98. The summed E-state index contributed by atoms with van der Waals surface area (Å²) in [6.07, 6.45) is -8.40. The molecular weight excluding hydrogens is 470 g/mol. The van der Waals surface area contributed by atoms with Crippen molar-refractivity contribution in [3.05, 3.63) is 44.7 Å². The number of alkyl halides is 6. The second kappa shape index (κ2) is 7.72. The molecule has 0 aliphatic rings. The summed E-state index contributed by atoms with van der Waals surface area (Å²) >= 11 is 4.59. The number of halogens is 7. The topological polar surface area (TPSA) is 41.8 Å². The number of thiophene rings is 1. The predicted octanol–water partition coefficient (Wildman–Crippen LogP) is 6.98. The molecule has 2 heterocycles. The van der Waals surface area contributed by atoms with Crippen LogP contribution in [0.2, 0.25) is 0 Å². The highest BCUT2D eigenvalue weighted by molar-refractivity contribution is 9.11. The van der Waals surface area contributed by atoms with E-state index in [1.165, 1.54) is 11.3 Å². The molecule has 0 bridgehead atoms. The van der Waals surface area contributed by atoms with Crippen molar-refractivity contribution in [3.63, 3.8) is 0 Å². The van der Waals surface area contributed by atoms with Gasteiger partial charge in [0.2, 0.25) is 0 Å². The molecule has 1 aromatic carbocycles. The molecule has 2 nitrogen and oxygen atoms in total. The zero-order valence-corrected chi connectivity index (χ0v) is 16.7. The summed E-state index contributed by atoms with van der Waals surface area (Å²) in [6, 6.07) is 4.38. The minimum Gasteiger partial charge on any atom is -0.354 e. The maximum absolute atomic E-state index is 13.7. The first-order valence-electron chi connectivity index (χ1n) is 8.31. The predicted molar refractivity (Wildman–Crippen MR) is 101 cm³/mol. The van der Waals surface area contributed by atoms with Gasteiger partial charge in [-0.1, -0.05) is 0 Å². The second-order valence-corrected chi connectivity index (χ2v) is 8.73. The van der Waals surface area contributed by atoms with Crippen LogP contribution in [0.1, 0.15) is 29.5 Å². The van der Waals surface area contributed by atoms with E-state index in [1.54, 1.807) is 12.1 Å². The van der Waals surface area contributed by atoms with Crippen molar-refractivity contribution in [2.24, 2.45) is 5.73 Å². The summed E-state index contributed by atoms with van der Waals surface area (Å²) in [4.78, 5) is 3.45.